The van der Waals surface area contributed by atoms with Crippen LogP contribution in [-0.4, -0.2) is 42.5 Å². The lowest BCUT2D eigenvalue weighted by Gasteiger charge is -2.08. The number of phenols is 1. The van der Waals surface area contributed by atoms with Gasteiger partial charge < -0.3 is 21.1 Å². The fourth-order valence-corrected chi connectivity index (χ4v) is 2.61. The first-order chi connectivity index (χ1) is 13.5. The average Bonchev–Trinajstić information content (AvgIpc) is 2.68. The summed E-state index contributed by atoms with van der Waals surface area (Å²) in [5.41, 5.74) is 0.914. The molecule has 2 aromatic rings. The summed E-state index contributed by atoms with van der Waals surface area (Å²) in [4.78, 5) is 35.6. The fourth-order valence-electron chi connectivity index (χ4n) is 2.35. The van der Waals surface area contributed by atoms with Crippen LogP contribution in [0.4, 0.5) is 0 Å². The van der Waals surface area contributed by atoms with Gasteiger partial charge in [-0.2, -0.15) is 0 Å². The molecular weight excluding hydrogens is 426 g/mol. The Balaban J connectivity index is 1.55. The molecule has 148 valence electrons. The van der Waals surface area contributed by atoms with E-state index in [1.54, 1.807) is 36.4 Å². The van der Waals surface area contributed by atoms with Gasteiger partial charge in [0.1, 0.15) is 5.75 Å². The predicted molar refractivity (Wildman–Crippen MR) is 109 cm³/mol. The number of halogens is 1. The van der Waals surface area contributed by atoms with E-state index in [0.717, 1.165) is 4.47 Å². The van der Waals surface area contributed by atoms with Crippen molar-refractivity contribution in [2.75, 3.05) is 19.6 Å². The Kier molecular flexibility index (Phi) is 8.48. The second kappa shape index (κ2) is 11.1. The van der Waals surface area contributed by atoms with Gasteiger partial charge in [0.25, 0.3) is 11.8 Å². The van der Waals surface area contributed by atoms with Gasteiger partial charge in [-0.3, -0.25) is 14.4 Å². The molecule has 0 aliphatic rings. The zero-order chi connectivity index (χ0) is 20.4. The van der Waals surface area contributed by atoms with Crippen molar-refractivity contribution in [1.82, 2.24) is 16.0 Å². The van der Waals surface area contributed by atoms with E-state index in [9.17, 15) is 19.5 Å². The highest BCUT2D eigenvalue weighted by molar-refractivity contribution is 9.10. The summed E-state index contributed by atoms with van der Waals surface area (Å²) < 4.78 is 0.890. The normalized spacial score (nSPS) is 10.2. The average molecular weight is 448 g/mol. The lowest BCUT2D eigenvalue weighted by atomic mass is 10.2. The van der Waals surface area contributed by atoms with Crippen molar-refractivity contribution in [3.05, 3.63) is 64.1 Å². The highest BCUT2D eigenvalue weighted by atomic mass is 79.9. The molecule has 0 aromatic heterocycles. The number of amides is 3. The van der Waals surface area contributed by atoms with Gasteiger partial charge in [-0.1, -0.05) is 22.0 Å². The van der Waals surface area contributed by atoms with Gasteiger partial charge in [-0.25, -0.2) is 0 Å². The van der Waals surface area contributed by atoms with Gasteiger partial charge in [0.15, 0.2) is 0 Å². The molecule has 7 nitrogen and oxygen atoms in total. The van der Waals surface area contributed by atoms with E-state index in [2.05, 4.69) is 31.9 Å². The Hall–Kier alpha value is -2.87. The quantitative estimate of drug-likeness (QED) is 0.442. The number of hydrogen-bond donors (Lipinski definition) is 4. The van der Waals surface area contributed by atoms with Gasteiger partial charge in [0.05, 0.1) is 0 Å². The first-order valence-corrected chi connectivity index (χ1v) is 9.62. The Morgan fingerprint density at radius 3 is 2.18 bits per heavy atom. The molecule has 0 heterocycles. The first-order valence-electron chi connectivity index (χ1n) is 8.83. The SMILES string of the molecule is O=C(CCNC(=O)c1ccc(Br)cc1)NCCCNC(=O)c1cccc(O)c1. The summed E-state index contributed by atoms with van der Waals surface area (Å²) in [5, 5.41) is 17.5. The van der Waals surface area contributed by atoms with Crippen LogP contribution >= 0.6 is 15.9 Å². The summed E-state index contributed by atoms with van der Waals surface area (Å²) in [6, 6.07) is 13.0. The van der Waals surface area contributed by atoms with Crippen molar-refractivity contribution in [3.63, 3.8) is 0 Å². The number of benzene rings is 2. The minimum atomic E-state index is -0.280. The Bertz CT molecular complexity index is 824. The fraction of sp³-hybridized carbons (Fsp3) is 0.250. The molecule has 0 unspecified atom stereocenters. The van der Waals surface area contributed by atoms with Crippen LogP contribution in [0.25, 0.3) is 0 Å². The maximum atomic E-state index is 11.9. The van der Waals surface area contributed by atoms with E-state index in [1.165, 1.54) is 12.1 Å². The van der Waals surface area contributed by atoms with Crippen molar-refractivity contribution >= 4 is 33.7 Å². The molecule has 0 saturated heterocycles. The maximum absolute atomic E-state index is 11.9. The molecule has 0 aliphatic carbocycles. The summed E-state index contributed by atoms with van der Waals surface area (Å²) >= 11 is 3.31. The predicted octanol–water partition coefficient (Wildman–Crippen LogP) is 2.21. The topological polar surface area (TPSA) is 108 Å². The molecule has 0 spiro atoms. The largest absolute Gasteiger partial charge is 0.508 e. The molecule has 4 N–H and O–H groups in total. The van der Waals surface area contributed by atoms with E-state index in [0.29, 0.717) is 30.6 Å². The van der Waals surface area contributed by atoms with Crippen LogP contribution in [0.1, 0.15) is 33.6 Å². The molecule has 3 amide bonds. The molecule has 28 heavy (non-hydrogen) atoms. The second-order valence-corrected chi connectivity index (χ2v) is 6.94. The van der Waals surface area contributed by atoms with E-state index >= 15 is 0 Å². The molecule has 0 atom stereocenters. The van der Waals surface area contributed by atoms with Crippen LogP contribution in [0.5, 0.6) is 5.75 Å². The van der Waals surface area contributed by atoms with Crippen molar-refractivity contribution in [2.24, 2.45) is 0 Å². The minimum Gasteiger partial charge on any atom is -0.508 e. The lowest BCUT2D eigenvalue weighted by molar-refractivity contribution is -0.120. The number of rotatable bonds is 9. The van der Waals surface area contributed by atoms with E-state index in [1.807, 2.05) is 0 Å². The Morgan fingerprint density at radius 1 is 0.821 bits per heavy atom. The third-order valence-corrected chi connectivity index (χ3v) is 4.34. The van der Waals surface area contributed by atoms with Crippen molar-refractivity contribution < 1.29 is 19.5 Å². The van der Waals surface area contributed by atoms with Crippen LogP contribution in [-0.2, 0) is 4.79 Å². The van der Waals surface area contributed by atoms with Crippen molar-refractivity contribution in [3.8, 4) is 5.75 Å². The number of hydrogen-bond acceptors (Lipinski definition) is 4. The monoisotopic (exact) mass is 447 g/mol. The van der Waals surface area contributed by atoms with Gasteiger partial charge in [0.2, 0.25) is 5.91 Å². The van der Waals surface area contributed by atoms with Crippen LogP contribution in [0, 0.1) is 0 Å². The maximum Gasteiger partial charge on any atom is 0.251 e. The van der Waals surface area contributed by atoms with E-state index in [4.69, 9.17) is 0 Å². The number of aromatic hydroxyl groups is 1. The highest BCUT2D eigenvalue weighted by Crippen LogP contribution is 2.11. The third-order valence-electron chi connectivity index (χ3n) is 3.81. The van der Waals surface area contributed by atoms with Crippen LogP contribution in [0.15, 0.2) is 53.0 Å². The highest BCUT2D eigenvalue weighted by Gasteiger charge is 2.07. The van der Waals surface area contributed by atoms with Crippen LogP contribution in [0.2, 0.25) is 0 Å². The third kappa shape index (κ3) is 7.40. The molecule has 0 aliphatic heterocycles. The standard InChI is InChI=1S/C20H22BrN3O4/c21-16-7-5-14(6-8-16)19(27)24-12-9-18(26)22-10-2-11-23-20(28)15-3-1-4-17(25)13-15/h1,3-8,13,25H,2,9-12H2,(H,22,26)(H,23,28)(H,24,27). The summed E-state index contributed by atoms with van der Waals surface area (Å²) in [7, 11) is 0. The zero-order valence-electron chi connectivity index (χ0n) is 15.2. The number of carbonyl (C=O) groups is 3. The molecule has 2 rings (SSSR count). The summed E-state index contributed by atoms with van der Waals surface area (Å²) in [5.74, 6) is -0.643. The second-order valence-electron chi connectivity index (χ2n) is 6.02. The molecular formula is C20H22BrN3O4. The zero-order valence-corrected chi connectivity index (χ0v) is 16.8. The number of carbonyl (C=O) groups excluding carboxylic acids is 3. The van der Waals surface area contributed by atoms with Crippen LogP contribution < -0.4 is 16.0 Å². The number of nitrogens with one attached hydrogen (secondary N) is 3. The van der Waals surface area contributed by atoms with Gasteiger partial charge in [-0.15, -0.1) is 0 Å². The molecule has 2 aromatic carbocycles. The minimum absolute atomic E-state index is 0.0344. The van der Waals surface area contributed by atoms with E-state index in [-0.39, 0.29) is 36.4 Å². The Morgan fingerprint density at radius 2 is 1.46 bits per heavy atom. The molecule has 0 saturated carbocycles. The number of phenolic OH excluding ortho intramolecular Hbond substituents is 1. The first kappa shape index (κ1) is 21.4. The van der Waals surface area contributed by atoms with Gasteiger partial charge >= 0.3 is 0 Å². The van der Waals surface area contributed by atoms with Gasteiger partial charge in [-0.05, 0) is 48.9 Å². The van der Waals surface area contributed by atoms with E-state index < -0.39 is 0 Å². The molecule has 0 fully saturated rings. The van der Waals surface area contributed by atoms with Crippen molar-refractivity contribution in [2.45, 2.75) is 12.8 Å². The molecule has 8 heteroatoms. The van der Waals surface area contributed by atoms with Gasteiger partial charge in [0, 0.05) is 41.7 Å². The molecule has 0 radical (unpaired) electrons. The summed E-state index contributed by atoms with van der Waals surface area (Å²) in [6.45, 7) is 1.06. The lowest BCUT2D eigenvalue weighted by Crippen LogP contribution is -2.32. The Labute approximate surface area is 171 Å². The summed E-state index contributed by atoms with van der Waals surface area (Å²) in [6.07, 6.45) is 0.749. The van der Waals surface area contributed by atoms with Crippen LogP contribution in [0.3, 0.4) is 0 Å². The van der Waals surface area contributed by atoms with Crippen molar-refractivity contribution in [1.29, 1.82) is 0 Å². The molecule has 0 bridgehead atoms. The smallest absolute Gasteiger partial charge is 0.251 e.